The highest BCUT2D eigenvalue weighted by Gasteiger charge is 2.18. The van der Waals surface area contributed by atoms with Crippen molar-refractivity contribution in [3.8, 4) is 5.75 Å². The maximum Gasteiger partial charge on any atom is 0.148 e. The first-order chi connectivity index (χ1) is 5.70. The van der Waals surface area contributed by atoms with E-state index >= 15 is 0 Å². The van der Waals surface area contributed by atoms with Gasteiger partial charge in [0.05, 0.1) is 9.50 Å². The van der Waals surface area contributed by atoms with Crippen LogP contribution in [-0.2, 0) is 12.8 Å². The van der Waals surface area contributed by atoms with E-state index in [1.54, 1.807) is 0 Å². The monoisotopic (exact) mass is 246 g/mol. The smallest absolute Gasteiger partial charge is 0.148 e. The zero-order valence-electron chi connectivity index (χ0n) is 6.40. The van der Waals surface area contributed by atoms with Crippen LogP contribution in [0.5, 0.6) is 5.75 Å². The minimum atomic E-state index is 0.178. The summed E-state index contributed by atoms with van der Waals surface area (Å²) in [5.74, 6) is 0.178. The first-order valence-electron chi connectivity index (χ1n) is 3.89. The second-order valence-corrected chi connectivity index (χ2v) is 4.21. The van der Waals surface area contributed by atoms with Crippen LogP contribution in [0.15, 0.2) is 10.5 Å². The zero-order valence-corrected chi connectivity index (χ0v) is 8.74. The molecular weight excluding hydrogens is 239 g/mol. The van der Waals surface area contributed by atoms with Crippen LogP contribution in [0, 0.1) is 0 Å². The van der Waals surface area contributed by atoms with Crippen molar-refractivity contribution < 1.29 is 5.11 Å². The fourth-order valence-corrected chi connectivity index (χ4v) is 2.65. The maximum atomic E-state index is 9.49. The Balaban J connectivity index is 2.67. The fraction of sp³-hybridized carbons (Fsp3) is 0.333. The molecule has 64 valence electrons. The Kier molecular flexibility index (Phi) is 2.05. The van der Waals surface area contributed by atoms with E-state index < -0.39 is 0 Å². The van der Waals surface area contributed by atoms with Crippen molar-refractivity contribution in [1.29, 1.82) is 0 Å². The number of hydrogen-bond acceptors (Lipinski definition) is 1. The van der Waals surface area contributed by atoms with Gasteiger partial charge in [-0.25, -0.2) is 0 Å². The molecular formula is C9H8BrClO. The highest BCUT2D eigenvalue weighted by molar-refractivity contribution is 9.10. The molecule has 2 rings (SSSR count). The average Bonchev–Trinajstić information content (AvgIpc) is 2.48. The molecule has 0 fully saturated rings. The van der Waals surface area contributed by atoms with Gasteiger partial charge in [0.25, 0.3) is 0 Å². The number of aromatic hydroxyl groups is 1. The van der Waals surface area contributed by atoms with Gasteiger partial charge in [0.15, 0.2) is 0 Å². The second kappa shape index (κ2) is 2.93. The summed E-state index contributed by atoms with van der Waals surface area (Å²) in [4.78, 5) is 0. The summed E-state index contributed by atoms with van der Waals surface area (Å²) in [7, 11) is 0. The lowest BCUT2D eigenvalue weighted by atomic mass is 10.1. The fourth-order valence-electron chi connectivity index (χ4n) is 1.65. The molecule has 1 nitrogen and oxygen atoms in total. The van der Waals surface area contributed by atoms with Gasteiger partial charge >= 0.3 is 0 Å². The largest absolute Gasteiger partial charge is 0.505 e. The molecule has 0 saturated carbocycles. The number of halogens is 2. The number of benzene rings is 1. The van der Waals surface area contributed by atoms with Crippen molar-refractivity contribution in [1.82, 2.24) is 0 Å². The SMILES string of the molecule is Oc1c(Cl)cc2c(c1Br)CCC2. The molecule has 1 aromatic rings. The molecule has 0 spiro atoms. The summed E-state index contributed by atoms with van der Waals surface area (Å²) in [5.41, 5.74) is 2.49. The Labute approximate surface area is 84.5 Å². The molecule has 0 amide bonds. The van der Waals surface area contributed by atoms with Crippen LogP contribution < -0.4 is 0 Å². The number of aryl methyl sites for hydroxylation is 1. The lowest BCUT2D eigenvalue weighted by Gasteiger charge is -2.06. The van der Waals surface area contributed by atoms with E-state index in [9.17, 15) is 5.11 Å². The number of fused-ring (bicyclic) bond motifs is 1. The Morgan fingerprint density at radius 2 is 2.17 bits per heavy atom. The molecule has 1 aliphatic rings. The molecule has 1 N–H and O–H groups in total. The molecule has 0 aliphatic heterocycles. The minimum Gasteiger partial charge on any atom is -0.505 e. The predicted octanol–water partition coefficient (Wildman–Crippen LogP) is 3.30. The highest BCUT2D eigenvalue weighted by Crippen LogP contribution is 2.40. The lowest BCUT2D eigenvalue weighted by molar-refractivity contribution is 0.471. The topological polar surface area (TPSA) is 20.2 Å². The molecule has 0 heterocycles. The van der Waals surface area contributed by atoms with E-state index in [1.165, 1.54) is 11.1 Å². The summed E-state index contributed by atoms with van der Waals surface area (Å²) in [5, 5.41) is 9.94. The number of phenolic OH excluding ortho intramolecular Hbond substituents is 1. The summed E-state index contributed by atoms with van der Waals surface area (Å²) in [6.45, 7) is 0. The van der Waals surface area contributed by atoms with Gasteiger partial charge < -0.3 is 5.11 Å². The van der Waals surface area contributed by atoms with E-state index in [-0.39, 0.29) is 5.75 Å². The minimum absolute atomic E-state index is 0.178. The normalized spacial score (nSPS) is 14.8. The third-order valence-electron chi connectivity index (χ3n) is 2.26. The van der Waals surface area contributed by atoms with E-state index in [1.807, 2.05) is 6.07 Å². The van der Waals surface area contributed by atoms with E-state index in [0.717, 1.165) is 23.7 Å². The van der Waals surface area contributed by atoms with Crippen LogP contribution in [0.1, 0.15) is 17.5 Å². The van der Waals surface area contributed by atoms with Crippen molar-refractivity contribution in [3.05, 3.63) is 26.7 Å². The third-order valence-corrected chi connectivity index (χ3v) is 3.40. The summed E-state index contributed by atoms with van der Waals surface area (Å²) in [6, 6.07) is 1.87. The van der Waals surface area contributed by atoms with Gasteiger partial charge in [-0.2, -0.15) is 0 Å². The van der Waals surface area contributed by atoms with Crippen LogP contribution in [0.4, 0.5) is 0 Å². The lowest BCUT2D eigenvalue weighted by Crippen LogP contribution is -1.85. The summed E-state index contributed by atoms with van der Waals surface area (Å²) >= 11 is 9.17. The number of hydrogen-bond donors (Lipinski definition) is 1. The highest BCUT2D eigenvalue weighted by atomic mass is 79.9. The van der Waals surface area contributed by atoms with E-state index in [2.05, 4.69) is 15.9 Å². The molecule has 3 heteroatoms. The van der Waals surface area contributed by atoms with Gasteiger partial charge in [-0.1, -0.05) is 11.6 Å². The Hall–Kier alpha value is -0.210. The zero-order chi connectivity index (χ0) is 8.72. The second-order valence-electron chi connectivity index (χ2n) is 3.01. The van der Waals surface area contributed by atoms with Crippen LogP contribution in [0.25, 0.3) is 0 Å². The van der Waals surface area contributed by atoms with Gasteiger partial charge in [-0.15, -0.1) is 0 Å². The van der Waals surface area contributed by atoms with Crippen molar-refractivity contribution in [2.24, 2.45) is 0 Å². The standard InChI is InChI=1S/C9H8BrClO/c10-8-6-3-1-2-5(6)4-7(11)9(8)12/h4,12H,1-3H2. The first kappa shape index (κ1) is 8.39. The van der Waals surface area contributed by atoms with Crippen molar-refractivity contribution >= 4 is 27.5 Å². The Morgan fingerprint density at radius 1 is 1.42 bits per heavy atom. The van der Waals surface area contributed by atoms with Gasteiger partial charge in [0.2, 0.25) is 0 Å². The van der Waals surface area contributed by atoms with Gasteiger partial charge in [0, 0.05) is 0 Å². The van der Waals surface area contributed by atoms with Gasteiger partial charge in [-0.05, 0) is 52.4 Å². The van der Waals surface area contributed by atoms with Crippen molar-refractivity contribution in [3.63, 3.8) is 0 Å². The van der Waals surface area contributed by atoms with Gasteiger partial charge in [-0.3, -0.25) is 0 Å². The van der Waals surface area contributed by atoms with Crippen molar-refractivity contribution in [2.75, 3.05) is 0 Å². The van der Waals surface area contributed by atoms with E-state index in [0.29, 0.717) is 5.02 Å². The molecule has 1 aromatic carbocycles. The van der Waals surface area contributed by atoms with Crippen LogP contribution in [0.3, 0.4) is 0 Å². The molecule has 0 aromatic heterocycles. The van der Waals surface area contributed by atoms with Crippen LogP contribution in [0.2, 0.25) is 5.02 Å². The Bertz CT molecular complexity index is 336. The van der Waals surface area contributed by atoms with Crippen LogP contribution in [-0.4, -0.2) is 5.11 Å². The molecule has 0 atom stereocenters. The summed E-state index contributed by atoms with van der Waals surface area (Å²) < 4.78 is 0.780. The van der Waals surface area contributed by atoms with Crippen molar-refractivity contribution in [2.45, 2.75) is 19.3 Å². The quantitative estimate of drug-likeness (QED) is 0.746. The first-order valence-corrected chi connectivity index (χ1v) is 5.06. The molecule has 1 aliphatic carbocycles. The van der Waals surface area contributed by atoms with Gasteiger partial charge in [0.1, 0.15) is 5.75 Å². The van der Waals surface area contributed by atoms with E-state index in [4.69, 9.17) is 11.6 Å². The summed E-state index contributed by atoms with van der Waals surface area (Å²) in [6.07, 6.45) is 3.28. The van der Waals surface area contributed by atoms with Crippen LogP contribution >= 0.6 is 27.5 Å². The number of rotatable bonds is 0. The number of phenols is 1. The predicted molar refractivity (Wildman–Crippen MR) is 52.8 cm³/mol. The molecule has 0 saturated heterocycles. The molecule has 12 heavy (non-hydrogen) atoms. The molecule has 0 bridgehead atoms. The molecule has 0 unspecified atom stereocenters. The maximum absolute atomic E-state index is 9.49. The molecule has 0 radical (unpaired) electrons. The third kappa shape index (κ3) is 1.14. The Morgan fingerprint density at radius 3 is 2.92 bits per heavy atom. The average molecular weight is 248 g/mol.